The van der Waals surface area contributed by atoms with Gasteiger partial charge in [-0.2, -0.15) is 0 Å². The Kier molecular flexibility index (Phi) is 5.03. The van der Waals surface area contributed by atoms with E-state index in [0.29, 0.717) is 13.0 Å². The van der Waals surface area contributed by atoms with Gasteiger partial charge in [0.25, 0.3) is 5.91 Å². The number of para-hydroxylation sites is 1. The Morgan fingerprint density at radius 3 is 2.52 bits per heavy atom. The zero-order valence-corrected chi connectivity index (χ0v) is 14.2. The van der Waals surface area contributed by atoms with Crippen LogP contribution in [-0.4, -0.2) is 34.4 Å². The number of nitrogens with zero attached hydrogens (tertiary/aromatic N) is 1. The number of likely N-dealkylation sites (tertiary alicyclic amines) is 1. The number of amides is 2. The van der Waals surface area contributed by atoms with Crippen LogP contribution < -0.4 is 5.32 Å². The number of carbonyl (C=O) groups excluding carboxylic acids is 2. The fraction of sp³-hybridized carbons (Fsp3) is 0.300. The van der Waals surface area contributed by atoms with E-state index in [1.807, 2.05) is 37.3 Å². The van der Waals surface area contributed by atoms with Gasteiger partial charge < -0.3 is 15.3 Å². The molecule has 1 fully saturated rings. The highest BCUT2D eigenvalue weighted by atomic mass is 16.3. The Bertz CT molecular complexity index is 761. The molecule has 0 spiro atoms. The fourth-order valence-corrected chi connectivity index (χ4v) is 3.23. The average Bonchev–Trinajstić information content (AvgIpc) is 3.12. The van der Waals surface area contributed by atoms with Gasteiger partial charge in [-0.15, -0.1) is 0 Å². The Labute approximate surface area is 147 Å². The fourth-order valence-electron chi connectivity index (χ4n) is 3.23. The molecule has 1 aliphatic heterocycles. The molecule has 2 N–H and O–H groups in total. The van der Waals surface area contributed by atoms with E-state index in [9.17, 15) is 14.7 Å². The summed E-state index contributed by atoms with van der Waals surface area (Å²) in [5.41, 5.74) is 1.26. The highest BCUT2D eigenvalue weighted by Crippen LogP contribution is 2.25. The highest BCUT2D eigenvalue weighted by Gasteiger charge is 2.35. The van der Waals surface area contributed by atoms with E-state index in [2.05, 4.69) is 5.32 Å². The second-order valence-electron chi connectivity index (χ2n) is 6.31. The number of rotatable bonds is 4. The van der Waals surface area contributed by atoms with Gasteiger partial charge >= 0.3 is 0 Å². The van der Waals surface area contributed by atoms with Crippen LogP contribution in [0.1, 0.15) is 41.7 Å². The molecule has 0 bridgehead atoms. The number of phenolic OH excluding ortho intramolecular Hbond substituents is 1. The third-order valence-electron chi connectivity index (χ3n) is 4.61. The van der Waals surface area contributed by atoms with Crippen LogP contribution in [0.2, 0.25) is 0 Å². The Hall–Kier alpha value is -2.82. The van der Waals surface area contributed by atoms with Gasteiger partial charge in [-0.05, 0) is 37.5 Å². The molecule has 0 radical (unpaired) electrons. The number of benzene rings is 2. The van der Waals surface area contributed by atoms with Gasteiger partial charge in [0.2, 0.25) is 5.91 Å². The maximum absolute atomic E-state index is 12.7. The molecule has 1 aliphatic rings. The Morgan fingerprint density at radius 1 is 1.12 bits per heavy atom. The molecule has 1 saturated heterocycles. The van der Waals surface area contributed by atoms with Gasteiger partial charge in [0.15, 0.2) is 0 Å². The lowest BCUT2D eigenvalue weighted by Gasteiger charge is -2.26. The summed E-state index contributed by atoms with van der Waals surface area (Å²) in [6.45, 7) is 2.45. The van der Waals surface area contributed by atoms with Gasteiger partial charge in [-0.25, -0.2) is 0 Å². The Balaban J connectivity index is 1.72. The van der Waals surface area contributed by atoms with Crippen LogP contribution in [-0.2, 0) is 4.79 Å². The summed E-state index contributed by atoms with van der Waals surface area (Å²) < 4.78 is 0. The van der Waals surface area contributed by atoms with Crippen LogP contribution in [0.3, 0.4) is 0 Å². The van der Waals surface area contributed by atoms with Crippen LogP contribution >= 0.6 is 0 Å². The number of carbonyl (C=O) groups is 2. The monoisotopic (exact) mass is 338 g/mol. The molecule has 5 heteroatoms. The zero-order valence-electron chi connectivity index (χ0n) is 14.2. The van der Waals surface area contributed by atoms with Gasteiger partial charge in [-0.3, -0.25) is 9.59 Å². The van der Waals surface area contributed by atoms with Crippen LogP contribution in [0.4, 0.5) is 0 Å². The molecule has 0 unspecified atom stereocenters. The lowest BCUT2D eigenvalue weighted by molar-refractivity contribution is -0.125. The van der Waals surface area contributed by atoms with E-state index in [1.54, 1.807) is 23.1 Å². The smallest absolute Gasteiger partial charge is 0.258 e. The summed E-state index contributed by atoms with van der Waals surface area (Å²) in [7, 11) is 0. The summed E-state index contributed by atoms with van der Waals surface area (Å²) in [6, 6.07) is 15.5. The first-order chi connectivity index (χ1) is 12.1. The van der Waals surface area contributed by atoms with E-state index in [1.165, 1.54) is 6.07 Å². The van der Waals surface area contributed by atoms with E-state index in [0.717, 1.165) is 12.0 Å². The molecule has 130 valence electrons. The summed E-state index contributed by atoms with van der Waals surface area (Å²) >= 11 is 0. The Morgan fingerprint density at radius 2 is 1.80 bits per heavy atom. The topological polar surface area (TPSA) is 69.6 Å². The molecule has 1 heterocycles. The SMILES string of the molecule is C[C@@H](NC(=O)[C@@H]1CCCN1C(=O)c1ccccc1O)c1ccccc1. The van der Waals surface area contributed by atoms with Crippen LogP contribution in [0.5, 0.6) is 5.75 Å². The normalized spacial score (nSPS) is 18.0. The number of hydrogen-bond acceptors (Lipinski definition) is 3. The molecule has 25 heavy (non-hydrogen) atoms. The predicted molar refractivity (Wildman–Crippen MR) is 95.2 cm³/mol. The van der Waals surface area contributed by atoms with Crippen LogP contribution in [0.25, 0.3) is 0 Å². The molecule has 0 aliphatic carbocycles. The quantitative estimate of drug-likeness (QED) is 0.900. The van der Waals surface area contributed by atoms with Crippen molar-refractivity contribution >= 4 is 11.8 Å². The maximum Gasteiger partial charge on any atom is 0.258 e. The van der Waals surface area contributed by atoms with Crippen molar-refractivity contribution in [3.05, 3.63) is 65.7 Å². The molecule has 5 nitrogen and oxygen atoms in total. The van der Waals surface area contributed by atoms with Crippen LogP contribution in [0.15, 0.2) is 54.6 Å². The molecule has 0 aromatic heterocycles. The summed E-state index contributed by atoms with van der Waals surface area (Å²) in [4.78, 5) is 27.0. The number of phenols is 1. The van der Waals surface area contributed by atoms with E-state index in [-0.39, 0.29) is 29.2 Å². The van der Waals surface area contributed by atoms with E-state index < -0.39 is 6.04 Å². The number of hydrogen-bond donors (Lipinski definition) is 2. The first-order valence-corrected chi connectivity index (χ1v) is 8.52. The predicted octanol–water partition coefficient (Wildman–Crippen LogP) is 2.87. The first kappa shape index (κ1) is 17.0. The standard InChI is InChI=1S/C20H22N2O3/c1-14(15-8-3-2-4-9-15)21-19(24)17-11-7-13-22(17)20(25)16-10-5-6-12-18(16)23/h2-6,8-10,12,14,17,23H,7,11,13H2,1H3,(H,21,24)/t14-,17+/m1/s1. The summed E-state index contributed by atoms with van der Waals surface area (Å²) in [5.74, 6) is -0.517. The number of aromatic hydroxyl groups is 1. The van der Waals surface area contributed by atoms with Crippen molar-refractivity contribution < 1.29 is 14.7 Å². The van der Waals surface area contributed by atoms with Crippen molar-refractivity contribution in [2.45, 2.75) is 31.8 Å². The van der Waals surface area contributed by atoms with Crippen molar-refractivity contribution in [1.29, 1.82) is 0 Å². The van der Waals surface area contributed by atoms with Gasteiger partial charge in [0.05, 0.1) is 11.6 Å². The van der Waals surface area contributed by atoms with Gasteiger partial charge in [-0.1, -0.05) is 42.5 Å². The van der Waals surface area contributed by atoms with Crippen molar-refractivity contribution in [1.82, 2.24) is 10.2 Å². The molecule has 2 aromatic carbocycles. The minimum Gasteiger partial charge on any atom is -0.507 e. The minimum absolute atomic E-state index is 0.0591. The van der Waals surface area contributed by atoms with Crippen molar-refractivity contribution in [2.24, 2.45) is 0 Å². The lowest BCUT2D eigenvalue weighted by Crippen LogP contribution is -2.46. The van der Waals surface area contributed by atoms with E-state index in [4.69, 9.17) is 0 Å². The average molecular weight is 338 g/mol. The second-order valence-corrected chi connectivity index (χ2v) is 6.31. The molecular formula is C20H22N2O3. The minimum atomic E-state index is -0.502. The zero-order chi connectivity index (χ0) is 17.8. The third kappa shape index (κ3) is 3.65. The summed E-state index contributed by atoms with van der Waals surface area (Å²) in [5, 5.41) is 12.9. The number of nitrogens with one attached hydrogen (secondary N) is 1. The second kappa shape index (κ2) is 7.38. The van der Waals surface area contributed by atoms with Gasteiger partial charge in [0.1, 0.15) is 11.8 Å². The maximum atomic E-state index is 12.7. The molecule has 0 saturated carbocycles. The van der Waals surface area contributed by atoms with Crippen molar-refractivity contribution in [3.63, 3.8) is 0 Å². The lowest BCUT2D eigenvalue weighted by atomic mass is 10.1. The highest BCUT2D eigenvalue weighted by molar-refractivity contribution is 5.99. The molecule has 2 aromatic rings. The largest absolute Gasteiger partial charge is 0.507 e. The van der Waals surface area contributed by atoms with Crippen LogP contribution in [0, 0.1) is 0 Å². The van der Waals surface area contributed by atoms with E-state index >= 15 is 0 Å². The first-order valence-electron chi connectivity index (χ1n) is 8.52. The molecule has 3 rings (SSSR count). The van der Waals surface area contributed by atoms with Crippen molar-refractivity contribution in [3.8, 4) is 5.75 Å². The van der Waals surface area contributed by atoms with Crippen molar-refractivity contribution in [2.75, 3.05) is 6.54 Å². The summed E-state index contributed by atoms with van der Waals surface area (Å²) in [6.07, 6.45) is 1.41. The third-order valence-corrected chi connectivity index (χ3v) is 4.61. The molecular weight excluding hydrogens is 316 g/mol. The van der Waals surface area contributed by atoms with Gasteiger partial charge in [0, 0.05) is 6.54 Å². The molecule has 2 atom stereocenters. The molecule has 2 amide bonds.